The molecule has 1 N–H and O–H groups in total. The summed E-state index contributed by atoms with van der Waals surface area (Å²) in [4.78, 5) is 4.17. The summed E-state index contributed by atoms with van der Waals surface area (Å²) in [5, 5.41) is 8.97. The van der Waals surface area contributed by atoms with E-state index in [2.05, 4.69) is 4.98 Å². The molecule has 0 aliphatic rings. The van der Waals surface area contributed by atoms with Crippen molar-refractivity contribution in [2.45, 2.75) is 18.1 Å². The minimum atomic E-state index is -2.60. The van der Waals surface area contributed by atoms with Gasteiger partial charge in [-0.2, -0.15) is 8.78 Å². The van der Waals surface area contributed by atoms with Gasteiger partial charge in [-0.3, -0.25) is 4.57 Å². The fraction of sp³-hybridized carbons (Fsp3) is 0.364. The van der Waals surface area contributed by atoms with Gasteiger partial charge in [-0.15, -0.1) is 0 Å². The van der Waals surface area contributed by atoms with E-state index in [9.17, 15) is 8.78 Å². The molecule has 0 saturated heterocycles. The lowest BCUT2D eigenvalue weighted by molar-refractivity contribution is 0.0656. The van der Waals surface area contributed by atoms with Crippen molar-refractivity contribution >= 4 is 22.8 Å². The first-order chi connectivity index (χ1) is 8.24. The summed E-state index contributed by atoms with van der Waals surface area (Å²) in [6.45, 7) is -2.54. The summed E-state index contributed by atoms with van der Waals surface area (Å²) in [6.07, 6.45) is 0.567. The van der Waals surface area contributed by atoms with Gasteiger partial charge in [-0.05, 0) is 18.6 Å². The lowest BCUT2D eigenvalue weighted by Crippen LogP contribution is -2.00. The molecule has 2 aromatic rings. The summed E-state index contributed by atoms with van der Waals surface area (Å²) in [5.74, 6) is 0.576. The molecule has 1 aromatic heterocycles. The first kappa shape index (κ1) is 12.3. The van der Waals surface area contributed by atoms with Crippen molar-refractivity contribution in [2.75, 3.05) is 12.4 Å². The van der Waals surface area contributed by atoms with Gasteiger partial charge in [0.15, 0.2) is 5.16 Å². The zero-order chi connectivity index (χ0) is 12.3. The number of aliphatic hydroxyl groups is 1. The van der Waals surface area contributed by atoms with Crippen LogP contribution in [0.4, 0.5) is 8.78 Å². The van der Waals surface area contributed by atoms with Crippen LogP contribution < -0.4 is 0 Å². The first-order valence-corrected chi connectivity index (χ1v) is 6.21. The zero-order valence-corrected chi connectivity index (χ0v) is 9.83. The van der Waals surface area contributed by atoms with Gasteiger partial charge in [0.25, 0.3) is 0 Å². The number of nitrogens with zero attached hydrogens (tertiary/aromatic N) is 2. The second-order valence-electron chi connectivity index (χ2n) is 3.46. The maximum absolute atomic E-state index is 13.0. The molecule has 3 nitrogen and oxygen atoms in total. The number of rotatable bonds is 5. The summed E-state index contributed by atoms with van der Waals surface area (Å²) in [6, 6.07) is 6.83. The molecular formula is C11H12F2N2OS. The predicted molar refractivity (Wildman–Crippen MR) is 63.4 cm³/mol. The van der Waals surface area contributed by atoms with Crippen molar-refractivity contribution in [1.82, 2.24) is 9.55 Å². The van der Waals surface area contributed by atoms with E-state index in [0.717, 1.165) is 4.57 Å². The second kappa shape index (κ2) is 5.46. The third-order valence-corrected chi connectivity index (χ3v) is 3.33. The summed E-state index contributed by atoms with van der Waals surface area (Å²) < 4.78 is 26.8. The van der Waals surface area contributed by atoms with E-state index in [1.165, 1.54) is 11.8 Å². The molecule has 0 atom stereocenters. The molecule has 6 heteroatoms. The molecule has 0 unspecified atom stereocenters. The molecule has 0 amide bonds. The van der Waals surface area contributed by atoms with Crippen LogP contribution in [0.15, 0.2) is 29.4 Å². The fourth-order valence-corrected chi connectivity index (χ4v) is 2.48. The number of aliphatic hydroxyl groups excluding tert-OH is 1. The van der Waals surface area contributed by atoms with Gasteiger partial charge in [-0.25, -0.2) is 4.98 Å². The molecular weight excluding hydrogens is 246 g/mol. The van der Waals surface area contributed by atoms with Gasteiger partial charge in [-0.1, -0.05) is 23.9 Å². The Hall–Kier alpha value is -1.14. The normalized spacial score (nSPS) is 11.5. The number of halogens is 2. The topological polar surface area (TPSA) is 38.1 Å². The van der Waals surface area contributed by atoms with E-state index in [1.54, 1.807) is 24.3 Å². The first-order valence-electron chi connectivity index (χ1n) is 5.23. The fourth-order valence-electron chi connectivity index (χ4n) is 1.54. The SMILES string of the molecule is OCCCSc1nc2ccccc2n1C(F)F. The minimum absolute atomic E-state index is 0.0574. The monoisotopic (exact) mass is 258 g/mol. The highest BCUT2D eigenvalue weighted by Crippen LogP contribution is 2.29. The van der Waals surface area contributed by atoms with E-state index in [0.29, 0.717) is 28.4 Å². The summed E-state index contributed by atoms with van der Waals surface area (Å²) >= 11 is 1.24. The van der Waals surface area contributed by atoms with E-state index >= 15 is 0 Å². The van der Waals surface area contributed by atoms with Gasteiger partial charge >= 0.3 is 6.55 Å². The molecule has 0 fully saturated rings. The van der Waals surface area contributed by atoms with Gasteiger partial charge in [0.1, 0.15) is 0 Å². The molecule has 92 valence electrons. The van der Waals surface area contributed by atoms with Gasteiger partial charge < -0.3 is 5.11 Å². The standard InChI is InChI=1S/C11H12F2N2OS/c12-10(13)15-9-5-2-1-4-8(9)14-11(15)17-7-3-6-16/h1-2,4-5,10,16H,3,6-7H2. The Morgan fingerprint density at radius 2 is 2.12 bits per heavy atom. The number of thioether (sulfide) groups is 1. The highest BCUT2D eigenvalue weighted by molar-refractivity contribution is 7.99. The predicted octanol–water partition coefficient (Wildman–Crippen LogP) is 2.91. The maximum Gasteiger partial charge on any atom is 0.321 e. The van der Waals surface area contributed by atoms with Gasteiger partial charge in [0.2, 0.25) is 0 Å². The van der Waals surface area contributed by atoms with Crippen LogP contribution in [-0.2, 0) is 0 Å². The van der Waals surface area contributed by atoms with E-state index < -0.39 is 6.55 Å². The molecule has 1 heterocycles. The third kappa shape index (κ3) is 2.58. The average molecular weight is 258 g/mol. The largest absolute Gasteiger partial charge is 0.396 e. The molecule has 17 heavy (non-hydrogen) atoms. The second-order valence-corrected chi connectivity index (χ2v) is 4.52. The van der Waals surface area contributed by atoms with E-state index in [1.807, 2.05) is 0 Å². The summed E-state index contributed by atoms with van der Waals surface area (Å²) in [7, 11) is 0. The van der Waals surface area contributed by atoms with Crippen molar-refractivity contribution in [3.05, 3.63) is 24.3 Å². The van der Waals surface area contributed by atoms with Crippen LogP contribution in [0.2, 0.25) is 0 Å². The third-order valence-electron chi connectivity index (χ3n) is 2.29. The number of para-hydroxylation sites is 2. The highest BCUT2D eigenvalue weighted by Gasteiger charge is 2.17. The zero-order valence-electron chi connectivity index (χ0n) is 9.01. The Morgan fingerprint density at radius 1 is 1.35 bits per heavy atom. The van der Waals surface area contributed by atoms with E-state index in [-0.39, 0.29) is 6.61 Å². The van der Waals surface area contributed by atoms with Crippen LogP contribution in [0.1, 0.15) is 13.0 Å². The van der Waals surface area contributed by atoms with Crippen LogP contribution >= 0.6 is 11.8 Å². The van der Waals surface area contributed by atoms with Gasteiger partial charge in [0, 0.05) is 12.4 Å². The van der Waals surface area contributed by atoms with Crippen molar-refractivity contribution in [1.29, 1.82) is 0 Å². The minimum Gasteiger partial charge on any atom is -0.396 e. The van der Waals surface area contributed by atoms with Crippen LogP contribution in [0.5, 0.6) is 0 Å². The molecule has 0 aliphatic heterocycles. The molecule has 0 spiro atoms. The molecule has 0 aliphatic carbocycles. The highest BCUT2D eigenvalue weighted by atomic mass is 32.2. The Labute approximate surface area is 101 Å². The number of hydrogen-bond acceptors (Lipinski definition) is 3. The lowest BCUT2D eigenvalue weighted by Gasteiger charge is -2.06. The van der Waals surface area contributed by atoms with Crippen LogP contribution in [-0.4, -0.2) is 27.0 Å². The smallest absolute Gasteiger partial charge is 0.321 e. The molecule has 0 radical (unpaired) electrons. The van der Waals surface area contributed by atoms with Crippen LogP contribution in [0.25, 0.3) is 11.0 Å². The number of benzene rings is 1. The maximum atomic E-state index is 13.0. The Morgan fingerprint density at radius 3 is 2.82 bits per heavy atom. The van der Waals surface area contributed by atoms with Gasteiger partial charge in [0.05, 0.1) is 11.0 Å². The number of alkyl halides is 2. The number of imidazole rings is 1. The number of hydrogen-bond donors (Lipinski definition) is 1. The van der Waals surface area contributed by atoms with Crippen molar-refractivity contribution in [3.63, 3.8) is 0 Å². The van der Waals surface area contributed by atoms with Crippen LogP contribution in [0.3, 0.4) is 0 Å². The lowest BCUT2D eigenvalue weighted by atomic mass is 10.3. The molecule has 0 bridgehead atoms. The van der Waals surface area contributed by atoms with Crippen molar-refractivity contribution in [3.8, 4) is 0 Å². The van der Waals surface area contributed by atoms with Crippen LogP contribution in [0, 0.1) is 0 Å². The number of fused-ring (bicyclic) bond motifs is 1. The number of aromatic nitrogens is 2. The average Bonchev–Trinajstić information content (AvgIpc) is 2.67. The quantitative estimate of drug-likeness (QED) is 0.662. The molecule has 2 rings (SSSR count). The van der Waals surface area contributed by atoms with E-state index in [4.69, 9.17) is 5.11 Å². The Balaban J connectivity index is 2.36. The summed E-state index contributed by atoms with van der Waals surface area (Å²) in [5.41, 5.74) is 1.01. The Kier molecular flexibility index (Phi) is 3.96. The Bertz CT molecular complexity index is 501. The molecule has 1 aromatic carbocycles. The van der Waals surface area contributed by atoms with Crippen molar-refractivity contribution < 1.29 is 13.9 Å². The molecule has 0 saturated carbocycles. The van der Waals surface area contributed by atoms with Crippen molar-refractivity contribution in [2.24, 2.45) is 0 Å².